The monoisotopic (exact) mass is 617 g/mol. The Balaban J connectivity index is 2.09. The molecule has 3 rings (SSSR count). The number of benzene rings is 3. The van der Waals surface area contributed by atoms with Crippen molar-refractivity contribution in [2.24, 2.45) is 0 Å². The third kappa shape index (κ3) is 8.03. The van der Waals surface area contributed by atoms with Crippen LogP contribution >= 0.6 is 23.2 Å². The van der Waals surface area contributed by atoms with Gasteiger partial charge in [0.1, 0.15) is 12.6 Å². The van der Waals surface area contributed by atoms with Crippen molar-refractivity contribution in [1.82, 2.24) is 10.2 Å². The molecular weight excluding hydrogens is 581 g/mol. The third-order valence-electron chi connectivity index (χ3n) is 6.91. The number of aryl methyl sites for hydroxylation is 1. The Hall–Kier alpha value is -3.07. The number of amides is 2. The summed E-state index contributed by atoms with van der Waals surface area (Å²) < 4.78 is 29.1. The zero-order valence-corrected chi connectivity index (χ0v) is 26.2. The predicted octanol–water partition coefficient (Wildman–Crippen LogP) is 6.53. The van der Waals surface area contributed by atoms with Gasteiger partial charge in [-0.2, -0.15) is 0 Å². The number of sulfonamides is 1. The number of hydrogen-bond donors (Lipinski definition) is 1. The van der Waals surface area contributed by atoms with Crippen LogP contribution in [0, 0.1) is 13.8 Å². The van der Waals surface area contributed by atoms with E-state index in [9.17, 15) is 18.0 Å². The Morgan fingerprint density at radius 3 is 2.20 bits per heavy atom. The van der Waals surface area contributed by atoms with Crippen molar-refractivity contribution < 1.29 is 18.0 Å². The molecule has 3 aromatic carbocycles. The first-order valence-electron chi connectivity index (χ1n) is 13.7. The summed E-state index contributed by atoms with van der Waals surface area (Å²) in [6.45, 7) is 7.39. The Morgan fingerprint density at radius 1 is 0.902 bits per heavy atom. The van der Waals surface area contributed by atoms with Crippen LogP contribution in [-0.2, 0) is 26.2 Å². The lowest BCUT2D eigenvalue weighted by atomic mass is 10.1. The maximum absolute atomic E-state index is 14.2. The largest absolute Gasteiger partial charge is 0.354 e. The van der Waals surface area contributed by atoms with Crippen LogP contribution in [0.2, 0.25) is 10.0 Å². The normalized spacial score (nSPS) is 12.0. The first kappa shape index (κ1) is 32.4. The summed E-state index contributed by atoms with van der Waals surface area (Å²) >= 11 is 12.8. The fraction of sp³-hybridized carbons (Fsp3) is 0.355. The van der Waals surface area contributed by atoms with Crippen molar-refractivity contribution in [2.75, 3.05) is 17.4 Å². The molecule has 0 saturated heterocycles. The molecule has 41 heavy (non-hydrogen) atoms. The van der Waals surface area contributed by atoms with Crippen LogP contribution < -0.4 is 9.62 Å². The lowest BCUT2D eigenvalue weighted by Gasteiger charge is -2.33. The van der Waals surface area contributed by atoms with Crippen LogP contribution in [-0.4, -0.2) is 44.3 Å². The summed E-state index contributed by atoms with van der Waals surface area (Å²) in [5.41, 5.74) is 2.34. The molecule has 1 atom stereocenters. The van der Waals surface area contributed by atoms with Crippen molar-refractivity contribution in [3.8, 4) is 0 Å². The maximum atomic E-state index is 14.2. The summed E-state index contributed by atoms with van der Waals surface area (Å²) in [6.07, 6.45) is 2.04. The number of unbranched alkanes of at least 4 members (excludes halogenated alkanes) is 1. The van der Waals surface area contributed by atoms with Crippen molar-refractivity contribution in [3.05, 3.63) is 93.5 Å². The van der Waals surface area contributed by atoms with Crippen LogP contribution in [0.5, 0.6) is 0 Å². The molecule has 10 heteroatoms. The van der Waals surface area contributed by atoms with Crippen molar-refractivity contribution in [1.29, 1.82) is 0 Å². The maximum Gasteiger partial charge on any atom is 0.264 e. The fourth-order valence-corrected chi connectivity index (χ4v) is 6.29. The fourth-order valence-electron chi connectivity index (χ4n) is 4.45. The minimum atomic E-state index is -4.19. The van der Waals surface area contributed by atoms with Gasteiger partial charge in [-0.1, -0.05) is 85.4 Å². The number of nitrogens with one attached hydrogen (secondary N) is 1. The van der Waals surface area contributed by atoms with Crippen molar-refractivity contribution >= 4 is 50.7 Å². The van der Waals surface area contributed by atoms with E-state index >= 15 is 0 Å². The van der Waals surface area contributed by atoms with E-state index in [1.165, 1.54) is 17.0 Å². The standard InChI is InChI=1S/C31H37Cl2N3O4S/c1-5-7-19-34-31(38)28(6-2)35(20-24-11-8-9-12-27(24)33)30(37)21-36(29-14-10-13-26(32)23(29)4)41(39,40)25-17-15-22(3)16-18-25/h8-18,28H,5-7,19-21H2,1-4H3,(H,34,38). The van der Waals surface area contributed by atoms with E-state index in [4.69, 9.17) is 23.2 Å². The van der Waals surface area contributed by atoms with Crippen LogP contribution in [0.3, 0.4) is 0 Å². The molecule has 0 saturated carbocycles. The molecule has 0 aliphatic carbocycles. The Labute approximate surface area is 253 Å². The van der Waals surface area contributed by atoms with Gasteiger partial charge in [-0.25, -0.2) is 8.42 Å². The second kappa shape index (κ2) is 14.7. The van der Waals surface area contributed by atoms with Gasteiger partial charge in [-0.3, -0.25) is 13.9 Å². The SMILES string of the molecule is CCCCNC(=O)C(CC)N(Cc1ccccc1Cl)C(=O)CN(c1cccc(Cl)c1C)S(=O)(=O)c1ccc(C)cc1. The Bertz CT molecular complexity index is 1460. The van der Waals surface area contributed by atoms with Gasteiger partial charge in [0.2, 0.25) is 11.8 Å². The summed E-state index contributed by atoms with van der Waals surface area (Å²) in [7, 11) is -4.19. The molecule has 7 nitrogen and oxygen atoms in total. The zero-order valence-electron chi connectivity index (χ0n) is 23.9. The second-order valence-electron chi connectivity index (χ2n) is 9.89. The molecule has 1 N–H and O–H groups in total. The highest BCUT2D eigenvalue weighted by molar-refractivity contribution is 7.92. The quantitative estimate of drug-likeness (QED) is 0.221. The van der Waals surface area contributed by atoms with E-state index in [1.807, 2.05) is 20.8 Å². The minimum absolute atomic E-state index is 0.0329. The van der Waals surface area contributed by atoms with E-state index in [-0.39, 0.29) is 23.0 Å². The van der Waals surface area contributed by atoms with Gasteiger partial charge in [0.25, 0.3) is 10.0 Å². The highest BCUT2D eigenvalue weighted by Gasteiger charge is 2.34. The summed E-state index contributed by atoms with van der Waals surface area (Å²) in [5.74, 6) is -0.842. The zero-order chi connectivity index (χ0) is 30.2. The second-order valence-corrected chi connectivity index (χ2v) is 12.6. The average Bonchev–Trinajstić information content (AvgIpc) is 2.94. The first-order valence-corrected chi connectivity index (χ1v) is 15.9. The first-order chi connectivity index (χ1) is 19.5. The number of nitrogens with zero attached hydrogens (tertiary/aromatic N) is 2. The van der Waals surface area contributed by atoms with E-state index in [0.29, 0.717) is 34.1 Å². The molecular formula is C31H37Cl2N3O4S. The van der Waals surface area contributed by atoms with E-state index in [1.54, 1.807) is 61.5 Å². The number of halogens is 2. The van der Waals surface area contributed by atoms with Crippen LogP contribution in [0.15, 0.2) is 71.6 Å². The number of rotatable bonds is 13. The highest BCUT2D eigenvalue weighted by Crippen LogP contribution is 2.31. The lowest BCUT2D eigenvalue weighted by Crippen LogP contribution is -2.52. The van der Waals surface area contributed by atoms with Gasteiger partial charge in [-0.15, -0.1) is 0 Å². The number of carbonyl (C=O) groups is 2. The molecule has 0 radical (unpaired) electrons. The smallest absolute Gasteiger partial charge is 0.264 e. The molecule has 220 valence electrons. The molecule has 0 fully saturated rings. The van der Waals surface area contributed by atoms with Crippen LogP contribution in [0.1, 0.15) is 49.8 Å². The van der Waals surface area contributed by atoms with Crippen LogP contribution in [0.4, 0.5) is 5.69 Å². The highest BCUT2D eigenvalue weighted by atomic mass is 35.5. The molecule has 2 amide bonds. The molecule has 1 unspecified atom stereocenters. The molecule has 0 aliphatic rings. The number of hydrogen-bond acceptors (Lipinski definition) is 4. The summed E-state index contributed by atoms with van der Waals surface area (Å²) in [5, 5.41) is 3.73. The van der Waals surface area contributed by atoms with Gasteiger partial charge in [0.15, 0.2) is 0 Å². The molecule has 0 bridgehead atoms. The van der Waals surface area contributed by atoms with E-state index in [0.717, 1.165) is 22.7 Å². The third-order valence-corrected chi connectivity index (χ3v) is 9.46. The molecule has 0 heterocycles. The molecule has 0 aromatic heterocycles. The van der Waals surface area contributed by atoms with Crippen molar-refractivity contribution in [2.45, 2.75) is 64.4 Å². The van der Waals surface area contributed by atoms with Gasteiger partial charge >= 0.3 is 0 Å². The molecule has 0 aliphatic heterocycles. The van der Waals surface area contributed by atoms with Crippen LogP contribution in [0.25, 0.3) is 0 Å². The Kier molecular flexibility index (Phi) is 11.6. The number of carbonyl (C=O) groups excluding carboxylic acids is 2. The van der Waals surface area contributed by atoms with Gasteiger partial charge in [0.05, 0.1) is 10.6 Å². The number of anilines is 1. The summed E-state index contributed by atoms with van der Waals surface area (Å²) in [4.78, 5) is 28.9. The predicted molar refractivity (Wildman–Crippen MR) is 166 cm³/mol. The molecule has 0 spiro atoms. The molecule has 3 aromatic rings. The minimum Gasteiger partial charge on any atom is -0.354 e. The van der Waals surface area contributed by atoms with Crippen molar-refractivity contribution in [3.63, 3.8) is 0 Å². The lowest BCUT2D eigenvalue weighted by molar-refractivity contribution is -0.140. The average molecular weight is 619 g/mol. The van der Waals surface area contributed by atoms with Gasteiger partial charge in [0, 0.05) is 23.1 Å². The van der Waals surface area contributed by atoms with E-state index in [2.05, 4.69) is 5.32 Å². The van der Waals surface area contributed by atoms with E-state index < -0.39 is 28.5 Å². The Morgan fingerprint density at radius 2 is 1.56 bits per heavy atom. The topological polar surface area (TPSA) is 86.8 Å². The summed E-state index contributed by atoms with van der Waals surface area (Å²) in [6, 6.07) is 17.6. The van der Waals surface area contributed by atoms with Gasteiger partial charge in [-0.05, 0) is 68.1 Å². The van der Waals surface area contributed by atoms with Gasteiger partial charge < -0.3 is 10.2 Å².